The SMILES string of the molecule is CC(O)c1cc(Br)ccc1Sc1ccncn1. The minimum Gasteiger partial charge on any atom is -0.389 e. The second-order valence-electron chi connectivity index (χ2n) is 3.51. The molecule has 1 atom stereocenters. The van der Waals surface area contributed by atoms with E-state index in [1.54, 1.807) is 13.1 Å². The number of aromatic nitrogens is 2. The van der Waals surface area contributed by atoms with Crippen LogP contribution in [0.5, 0.6) is 0 Å². The Kier molecular flexibility index (Phi) is 4.15. The van der Waals surface area contributed by atoms with Crippen molar-refractivity contribution in [2.75, 3.05) is 0 Å². The number of benzene rings is 1. The van der Waals surface area contributed by atoms with Crippen LogP contribution in [0.3, 0.4) is 0 Å². The van der Waals surface area contributed by atoms with Gasteiger partial charge in [0.1, 0.15) is 11.4 Å². The molecule has 1 heterocycles. The number of rotatable bonds is 3. The first-order valence-corrected chi connectivity index (χ1v) is 6.69. The van der Waals surface area contributed by atoms with E-state index in [2.05, 4.69) is 25.9 Å². The molecule has 1 aromatic heterocycles. The topological polar surface area (TPSA) is 46.0 Å². The van der Waals surface area contributed by atoms with Gasteiger partial charge in [-0.15, -0.1) is 0 Å². The predicted octanol–water partition coefficient (Wildman–Crippen LogP) is 3.44. The molecule has 0 spiro atoms. The van der Waals surface area contributed by atoms with Gasteiger partial charge in [0, 0.05) is 15.6 Å². The summed E-state index contributed by atoms with van der Waals surface area (Å²) in [6.07, 6.45) is 2.72. The highest BCUT2D eigenvalue weighted by Crippen LogP contribution is 2.33. The normalized spacial score (nSPS) is 12.4. The van der Waals surface area contributed by atoms with Crippen molar-refractivity contribution in [1.82, 2.24) is 9.97 Å². The Morgan fingerprint density at radius 2 is 2.18 bits per heavy atom. The fraction of sp³-hybridized carbons (Fsp3) is 0.167. The molecule has 0 bridgehead atoms. The van der Waals surface area contributed by atoms with Crippen molar-refractivity contribution < 1.29 is 5.11 Å². The lowest BCUT2D eigenvalue weighted by molar-refractivity contribution is 0.196. The van der Waals surface area contributed by atoms with Crippen LogP contribution >= 0.6 is 27.7 Å². The summed E-state index contributed by atoms with van der Waals surface area (Å²) < 4.78 is 0.959. The van der Waals surface area contributed by atoms with E-state index in [0.29, 0.717) is 0 Å². The Labute approximate surface area is 112 Å². The fourth-order valence-corrected chi connectivity index (χ4v) is 2.71. The highest BCUT2D eigenvalue weighted by atomic mass is 79.9. The maximum Gasteiger partial charge on any atom is 0.116 e. The lowest BCUT2D eigenvalue weighted by atomic mass is 10.1. The van der Waals surface area contributed by atoms with Crippen LogP contribution in [0.4, 0.5) is 0 Å². The summed E-state index contributed by atoms with van der Waals surface area (Å²) in [5.74, 6) is 0. The van der Waals surface area contributed by atoms with E-state index in [1.807, 2.05) is 24.3 Å². The highest BCUT2D eigenvalue weighted by molar-refractivity contribution is 9.10. The minimum absolute atomic E-state index is 0.503. The number of nitrogens with zero attached hydrogens (tertiary/aromatic N) is 2. The van der Waals surface area contributed by atoms with Gasteiger partial charge in [0.05, 0.1) is 6.10 Å². The Balaban J connectivity index is 2.33. The first-order chi connectivity index (χ1) is 8.16. The molecule has 0 aliphatic carbocycles. The van der Waals surface area contributed by atoms with Gasteiger partial charge in [-0.3, -0.25) is 0 Å². The van der Waals surface area contributed by atoms with E-state index in [0.717, 1.165) is 20.0 Å². The lowest BCUT2D eigenvalue weighted by Crippen LogP contribution is -1.94. The van der Waals surface area contributed by atoms with Gasteiger partial charge < -0.3 is 5.11 Å². The summed E-state index contributed by atoms with van der Waals surface area (Å²) in [5.41, 5.74) is 0.892. The number of hydrogen-bond acceptors (Lipinski definition) is 4. The molecule has 0 aliphatic rings. The molecule has 0 aliphatic heterocycles. The zero-order chi connectivity index (χ0) is 12.3. The van der Waals surface area contributed by atoms with Gasteiger partial charge in [-0.1, -0.05) is 27.7 Å². The monoisotopic (exact) mass is 310 g/mol. The van der Waals surface area contributed by atoms with Gasteiger partial charge in [-0.05, 0) is 36.8 Å². The number of aliphatic hydroxyl groups is 1. The summed E-state index contributed by atoms with van der Waals surface area (Å²) in [6.45, 7) is 1.76. The average Bonchev–Trinajstić information content (AvgIpc) is 2.32. The van der Waals surface area contributed by atoms with Crippen molar-refractivity contribution in [2.24, 2.45) is 0 Å². The van der Waals surface area contributed by atoms with Crippen LogP contribution in [-0.4, -0.2) is 15.1 Å². The van der Waals surface area contributed by atoms with Gasteiger partial charge in [0.2, 0.25) is 0 Å². The minimum atomic E-state index is -0.503. The van der Waals surface area contributed by atoms with Crippen LogP contribution in [0.2, 0.25) is 0 Å². The Morgan fingerprint density at radius 1 is 1.35 bits per heavy atom. The molecule has 88 valence electrons. The summed E-state index contributed by atoms with van der Waals surface area (Å²) in [7, 11) is 0. The molecule has 2 aromatic rings. The maximum absolute atomic E-state index is 9.74. The first kappa shape index (κ1) is 12.5. The molecule has 2 rings (SSSR count). The standard InChI is InChI=1S/C12H11BrN2OS/c1-8(16)10-6-9(13)2-3-11(10)17-12-4-5-14-7-15-12/h2-8,16H,1H3. The molecule has 17 heavy (non-hydrogen) atoms. The number of hydrogen-bond donors (Lipinski definition) is 1. The van der Waals surface area contributed by atoms with Crippen molar-refractivity contribution in [3.05, 3.63) is 46.8 Å². The highest BCUT2D eigenvalue weighted by Gasteiger charge is 2.10. The summed E-state index contributed by atoms with van der Waals surface area (Å²) in [4.78, 5) is 9.03. The molecule has 1 aromatic carbocycles. The van der Waals surface area contributed by atoms with Crippen LogP contribution in [-0.2, 0) is 0 Å². The predicted molar refractivity (Wildman–Crippen MR) is 70.9 cm³/mol. The van der Waals surface area contributed by atoms with E-state index in [1.165, 1.54) is 18.1 Å². The van der Waals surface area contributed by atoms with E-state index in [-0.39, 0.29) is 0 Å². The third-order valence-electron chi connectivity index (χ3n) is 2.19. The summed E-state index contributed by atoms with van der Waals surface area (Å²) in [5, 5.41) is 10.6. The Bertz CT molecular complexity index is 505. The molecular formula is C12H11BrN2OS. The Hall–Kier alpha value is -0.910. The van der Waals surface area contributed by atoms with Gasteiger partial charge in [0.15, 0.2) is 0 Å². The second kappa shape index (κ2) is 5.62. The zero-order valence-electron chi connectivity index (χ0n) is 9.17. The number of halogens is 1. The van der Waals surface area contributed by atoms with Gasteiger partial charge in [0.25, 0.3) is 0 Å². The molecule has 0 saturated heterocycles. The van der Waals surface area contributed by atoms with E-state index < -0.39 is 6.10 Å². The summed E-state index contributed by atoms with van der Waals surface area (Å²) in [6, 6.07) is 7.70. The van der Waals surface area contributed by atoms with Crippen molar-refractivity contribution in [3.8, 4) is 0 Å². The third-order valence-corrected chi connectivity index (χ3v) is 3.73. The molecule has 3 nitrogen and oxygen atoms in total. The van der Waals surface area contributed by atoms with E-state index in [9.17, 15) is 5.11 Å². The molecular weight excluding hydrogens is 300 g/mol. The Morgan fingerprint density at radius 3 is 2.82 bits per heavy atom. The van der Waals surface area contributed by atoms with Gasteiger partial charge in [-0.2, -0.15) is 0 Å². The van der Waals surface area contributed by atoms with Crippen LogP contribution in [0.25, 0.3) is 0 Å². The van der Waals surface area contributed by atoms with Crippen LogP contribution in [0.15, 0.2) is 51.2 Å². The van der Waals surface area contributed by atoms with Crippen molar-refractivity contribution in [2.45, 2.75) is 22.9 Å². The van der Waals surface area contributed by atoms with E-state index >= 15 is 0 Å². The van der Waals surface area contributed by atoms with Gasteiger partial charge in [-0.25, -0.2) is 9.97 Å². The summed E-state index contributed by atoms with van der Waals surface area (Å²) >= 11 is 4.92. The maximum atomic E-state index is 9.74. The molecule has 1 unspecified atom stereocenters. The van der Waals surface area contributed by atoms with Crippen LogP contribution in [0.1, 0.15) is 18.6 Å². The molecule has 1 N–H and O–H groups in total. The van der Waals surface area contributed by atoms with Crippen molar-refractivity contribution in [3.63, 3.8) is 0 Å². The molecule has 0 amide bonds. The molecule has 0 saturated carbocycles. The van der Waals surface area contributed by atoms with Crippen molar-refractivity contribution in [1.29, 1.82) is 0 Å². The van der Waals surface area contributed by atoms with Crippen LogP contribution < -0.4 is 0 Å². The van der Waals surface area contributed by atoms with Crippen LogP contribution in [0, 0.1) is 0 Å². The molecule has 0 radical (unpaired) electrons. The second-order valence-corrected chi connectivity index (χ2v) is 5.49. The zero-order valence-corrected chi connectivity index (χ0v) is 11.6. The lowest BCUT2D eigenvalue weighted by Gasteiger charge is -2.11. The quantitative estimate of drug-likeness (QED) is 0.882. The largest absolute Gasteiger partial charge is 0.389 e. The smallest absolute Gasteiger partial charge is 0.116 e. The van der Waals surface area contributed by atoms with Crippen molar-refractivity contribution >= 4 is 27.7 Å². The van der Waals surface area contributed by atoms with Gasteiger partial charge >= 0.3 is 0 Å². The number of aliphatic hydroxyl groups excluding tert-OH is 1. The first-order valence-electron chi connectivity index (χ1n) is 5.08. The average molecular weight is 311 g/mol. The third kappa shape index (κ3) is 3.28. The van der Waals surface area contributed by atoms with E-state index in [4.69, 9.17) is 0 Å². The molecule has 0 fully saturated rings. The molecule has 5 heteroatoms. The fourth-order valence-electron chi connectivity index (χ4n) is 1.39.